The van der Waals surface area contributed by atoms with Crippen LogP contribution in [-0.2, 0) is 20.7 Å². The third-order valence-corrected chi connectivity index (χ3v) is 4.02. The molecule has 2 aromatic rings. The molecule has 0 heterocycles. The Labute approximate surface area is 150 Å². The maximum Gasteiger partial charge on any atom is 0.311 e. The fourth-order valence-corrected chi connectivity index (χ4v) is 2.54. The highest BCUT2D eigenvalue weighted by molar-refractivity contribution is 6.35. The number of carbonyl (C=O) groups excluding carboxylic acids is 2. The Bertz CT molecular complexity index is 762. The Morgan fingerprint density at radius 2 is 1.88 bits per heavy atom. The third kappa shape index (κ3) is 4.98. The Balaban J connectivity index is 1.93. The van der Waals surface area contributed by atoms with Crippen LogP contribution in [0, 0.1) is 6.92 Å². The molecule has 0 radical (unpaired) electrons. The number of halogens is 2. The lowest BCUT2D eigenvalue weighted by atomic mass is 10.1. The van der Waals surface area contributed by atoms with Crippen molar-refractivity contribution in [1.82, 2.24) is 0 Å². The molecule has 0 saturated heterocycles. The predicted octanol–water partition coefficient (Wildman–Crippen LogP) is 4.41. The first-order chi connectivity index (χ1) is 11.4. The van der Waals surface area contributed by atoms with Gasteiger partial charge in [-0.1, -0.05) is 47.5 Å². The smallest absolute Gasteiger partial charge is 0.311 e. The Morgan fingerprint density at radius 1 is 1.17 bits per heavy atom. The van der Waals surface area contributed by atoms with Crippen molar-refractivity contribution in [2.75, 3.05) is 5.32 Å². The molecule has 0 aliphatic heterocycles. The quantitative estimate of drug-likeness (QED) is 0.798. The van der Waals surface area contributed by atoms with Crippen molar-refractivity contribution in [3.8, 4) is 0 Å². The van der Waals surface area contributed by atoms with Gasteiger partial charge in [0.2, 0.25) is 0 Å². The highest BCUT2D eigenvalue weighted by Gasteiger charge is 2.19. The zero-order valence-electron chi connectivity index (χ0n) is 13.3. The minimum absolute atomic E-state index is 0.0298. The van der Waals surface area contributed by atoms with Crippen molar-refractivity contribution >= 4 is 40.8 Å². The maximum absolute atomic E-state index is 12.1. The second kappa shape index (κ2) is 8.18. The van der Waals surface area contributed by atoms with E-state index in [0.29, 0.717) is 21.3 Å². The van der Waals surface area contributed by atoms with E-state index in [1.807, 2.05) is 25.1 Å². The molecule has 0 spiro atoms. The van der Waals surface area contributed by atoms with Crippen molar-refractivity contribution < 1.29 is 14.3 Å². The van der Waals surface area contributed by atoms with Crippen molar-refractivity contribution in [3.63, 3.8) is 0 Å². The summed E-state index contributed by atoms with van der Waals surface area (Å²) >= 11 is 11.8. The molecule has 0 bridgehead atoms. The van der Waals surface area contributed by atoms with E-state index in [9.17, 15) is 9.59 Å². The normalized spacial score (nSPS) is 11.7. The topological polar surface area (TPSA) is 55.4 Å². The number of carbonyl (C=O) groups is 2. The fourth-order valence-electron chi connectivity index (χ4n) is 2.06. The average molecular weight is 366 g/mol. The molecule has 0 aliphatic rings. The van der Waals surface area contributed by atoms with Gasteiger partial charge >= 0.3 is 5.97 Å². The number of anilines is 1. The highest BCUT2D eigenvalue weighted by atomic mass is 35.5. The van der Waals surface area contributed by atoms with Crippen molar-refractivity contribution in [1.29, 1.82) is 0 Å². The van der Waals surface area contributed by atoms with Gasteiger partial charge in [0.15, 0.2) is 6.10 Å². The molecule has 1 unspecified atom stereocenters. The van der Waals surface area contributed by atoms with Gasteiger partial charge < -0.3 is 10.1 Å². The van der Waals surface area contributed by atoms with Gasteiger partial charge in [0.05, 0.1) is 6.42 Å². The second-order valence-corrected chi connectivity index (χ2v) is 6.19. The number of aryl methyl sites for hydroxylation is 1. The number of amides is 1. The Morgan fingerprint density at radius 3 is 2.54 bits per heavy atom. The molecule has 1 atom stereocenters. The van der Waals surface area contributed by atoms with Crippen LogP contribution in [0.25, 0.3) is 0 Å². The molecule has 1 N–H and O–H groups in total. The van der Waals surface area contributed by atoms with E-state index < -0.39 is 12.1 Å². The third-order valence-electron chi connectivity index (χ3n) is 3.43. The molecule has 6 heteroatoms. The van der Waals surface area contributed by atoms with Gasteiger partial charge in [-0.25, -0.2) is 0 Å². The lowest BCUT2D eigenvalue weighted by molar-refractivity contribution is -0.152. The number of benzene rings is 2. The zero-order valence-corrected chi connectivity index (χ0v) is 14.8. The summed E-state index contributed by atoms with van der Waals surface area (Å²) in [5.41, 5.74) is 2.21. The molecule has 4 nitrogen and oxygen atoms in total. The summed E-state index contributed by atoms with van der Waals surface area (Å²) in [6.07, 6.45) is -0.943. The van der Waals surface area contributed by atoms with Crippen LogP contribution in [0.2, 0.25) is 10.0 Å². The second-order valence-electron chi connectivity index (χ2n) is 5.35. The number of para-hydroxylation sites is 1. The van der Waals surface area contributed by atoms with E-state index in [4.69, 9.17) is 27.9 Å². The lowest BCUT2D eigenvalue weighted by Gasteiger charge is -2.15. The molecule has 2 aromatic carbocycles. The zero-order chi connectivity index (χ0) is 17.7. The molecule has 0 aromatic heterocycles. The van der Waals surface area contributed by atoms with Gasteiger partial charge in [-0.3, -0.25) is 9.59 Å². The Kier molecular flexibility index (Phi) is 6.23. The first-order valence-corrected chi connectivity index (χ1v) is 8.12. The largest absolute Gasteiger partial charge is 0.452 e. The summed E-state index contributed by atoms with van der Waals surface area (Å²) in [6, 6.07) is 12.2. The number of rotatable bonds is 5. The van der Waals surface area contributed by atoms with Gasteiger partial charge in [-0.15, -0.1) is 0 Å². The van der Waals surface area contributed by atoms with E-state index in [-0.39, 0.29) is 12.3 Å². The summed E-state index contributed by atoms with van der Waals surface area (Å²) in [4.78, 5) is 24.1. The van der Waals surface area contributed by atoms with Crippen molar-refractivity contribution in [2.24, 2.45) is 0 Å². The van der Waals surface area contributed by atoms with Gasteiger partial charge in [0.1, 0.15) is 0 Å². The summed E-state index contributed by atoms with van der Waals surface area (Å²) in [6.45, 7) is 3.41. The van der Waals surface area contributed by atoms with Crippen molar-refractivity contribution in [3.05, 3.63) is 63.6 Å². The number of nitrogens with one attached hydrogen (secondary N) is 1. The molecular weight excluding hydrogens is 349 g/mol. The van der Waals surface area contributed by atoms with Crippen LogP contribution in [0.5, 0.6) is 0 Å². The first-order valence-electron chi connectivity index (χ1n) is 7.36. The first kappa shape index (κ1) is 18.3. The van der Waals surface area contributed by atoms with Gasteiger partial charge in [-0.05, 0) is 43.2 Å². The van der Waals surface area contributed by atoms with E-state index >= 15 is 0 Å². The van der Waals surface area contributed by atoms with Crippen LogP contribution in [0.1, 0.15) is 18.1 Å². The van der Waals surface area contributed by atoms with Crippen LogP contribution < -0.4 is 5.32 Å². The molecule has 24 heavy (non-hydrogen) atoms. The summed E-state index contributed by atoms with van der Waals surface area (Å²) in [7, 11) is 0. The standard InChI is InChI=1S/C18H17Cl2NO3/c1-11-5-3-4-6-16(11)21-18(23)12(2)24-17(22)9-13-7-8-14(19)10-15(13)20/h3-8,10,12H,9H2,1-2H3,(H,21,23). The number of esters is 1. The minimum Gasteiger partial charge on any atom is -0.452 e. The summed E-state index contributed by atoms with van der Waals surface area (Å²) < 4.78 is 5.17. The molecule has 0 saturated carbocycles. The molecule has 2 rings (SSSR count). The van der Waals surface area contributed by atoms with Crippen LogP contribution in [-0.4, -0.2) is 18.0 Å². The van der Waals surface area contributed by atoms with Gasteiger partial charge in [0, 0.05) is 15.7 Å². The minimum atomic E-state index is -0.914. The number of hydrogen-bond acceptors (Lipinski definition) is 3. The summed E-state index contributed by atoms with van der Waals surface area (Å²) in [5, 5.41) is 3.61. The van der Waals surface area contributed by atoms with E-state index in [2.05, 4.69) is 5.32 Å². The summed E-state index contributed by atoms with van der Waals surface area (Å²) in [5.74, 6) is -0.925. The van der Waals surface area contributed by atoms with Gasteiger partial charge in [0.25, 0.3) is 5.91 Å². The van der Waals surface area contributed by atoms with Crippen LogP contribution in [0.15, 0.2) is 42.5 Å². The molecule has 126 valence electrons. The average Bonchev–Trinajstić information content (AvgIpc) is 2.52. The van der Waals surface area contributed by atoms with Gasteiger partial charge in [-0.2, -0.15) is 0 Å². The van der Waals surface area contributed by atoms with Crippen LogP contribution in [0.3, 0.4) is 0 Å². The van der Waals surface area contributed by atoms with Crippen LogP contribution in [0.4, 0.5) is 5.69 Å². The van der Waals surface area contributed by atoms with Crippen molar-refractivity contribution in [2.45, 2.75) is 26.4 Å². The highest BCUT2D eigenvalue weighted by Crippen LogP contribution is 2.22. The maximum atomic E-state index is 12.1. The molecule has 0 aliphatic carbocycles. The monoisotopic (exact) mass is 365 g/mol. The lowest BCUT2D eigenvalue weighted by Crippen LogP contribution is -2.30. The predicted molar refractivity (Wildman–Crippen MR) is 95.5 cm³/mol. The fraction of sp³-hybridized carbons (Fsp3) is 0.222. The molecular formula is C18H17Cl2NO3. The molecule has 0 fully saturated rings. The van der Waals surface area contributed by atoms with E-state index in [1.165, 1.54) is 6.92 Å². The molecule has 1 amide bonds. The number of ether oxygens (including phenoxy) is 1. The number of hydrogen-bond donors (Lipinski definition) is 1. The SMILES string of the molecule is Cc1ccccc1NC(=O)C(C)OC(=O)Cc1ccc(Cl)cc1Cl. The Hall–Kier alpha value is -2.04. The van der Waals surface area contributed by atoms with E-state index in [1.54, 1.807) is 24.3 Å². The van der Waals surface area contributed by atoms with E-state index in [0.717, 1.165) is 5.56 Å². The van der Waals surface area contributed by atoms with Crippen LogP contribution >= 0.6 is 23.2 Å².